The third-order valence-corrected chi connectivity index (χ3v) is 6.25. The van der Waals surface area contributed by atoms with Crippen LogP contribution in [0.15, 0.2) is 0 Å². The monoisotopic (exact) mass is 276 g/mol. The molecule has 1 aliphatic rings. The molecule has 0 heterocycles. The van der Waals surface area contributed by atoms with Crippen LogP contribution in [0.1, 0.15) is 39.5 Å². The van der Waals surface area contributed by atoms with E-state index in [0.29, 0.717) is 13.0 Å². The fraction of sp³-hybridized carbons (Fsp3) is 0.917. The van der Waals surface area contributed by atoms with Crippen LogP contribution in [0.4, 0.5) is 0 Å². The van der Waals surface area contributed by atoms with Gasteiger partial charge >= 0.3 is 0 Å². The maximum atomic E-state index is 11.8. The molecule has 0 saturated heterocycles. The van der Waals surface area contributed by atoms with E-state index < -0.39 is 14.6 Å². The van der Waals surface area contributed by atoms with Gasteiger partial charge in [-0.05, 0) is 38.6 Å². The van der Waals surface area contributed by atoms with E-state index in [4.69, 9.17) is 5.73 Å². The van der Waals surface area contributed by atoms with Crippen molar-refractivity contribution in [1.29, 1.82) is 0 Å². The van der Waals surface area contributed by atoms with Crippen LogP contribution in [-0.4, -0.2) is 38.4 Å². The SMILES string of the molecule is CC(C)(CNC(=O)CC1(CN)CCC1)S(C)(=O)=O. The minimum atomic E-state index is -3.18. The molecule has 5 nitrogen and oxygen atoms in total. The molecule has 0 aromatic rings. The summed E-state index contributed by atoms with van der Waals surface area (Å²) >= 11 is 0. The molecule has 1 fully saturated rings. The second kappa shape index (κ2) is 5.17. The molecule has 18 heavy (non-hydrogen) atoms. The minimum absolute atomic E-state index is 0.0423. The van der Waals surface area contributed by atoms with Gasteiger partial charge in [-0.15, -0.1) is 0 Å². The second-order valence-corrected chi connectivity index (χ2v) is 8.69. The van der Waals surface area contributed by atoms with E-state index in [-0.39, 0.29) is 17.9 Å². The lowest BCUT2D eigenvalue weighted by atomic mass is 9.66. The zero-order chi connectivity index (χ0) is 14.0. The quantitative estimate of drug-likeness (QED) is 0.737. The Hall–Kier alpha value is -0.620. The van der Waals surface area contributed by atoms with Crippen LogP contribution in [0.2, 0.25) is 0 Å². The molecule has 1 rings (SSSR count). The Morgan fingerprint density at radius 1 is 1.39 bits per heavy atom. The first-order chi connectivity index (χ1) is 8.12. The second-order valence-electron chi connectivity index (χ2n) is 6.04. The molecule has 1 aliphatic carbocycles. The van der Waals surface area contributed by atoms with Crippen molar-refractivity contribution >= 4 is 15.7 Å². The largest absolute Gasteiger partial charge is 0.355 e. The van der Waals surface area contributed by atoms with E-state index in [0.717, 1.165) is 19.3 Å². The van der Waals surface area contributed by atoms with E-state index >= 15 is 0 Å². The molecule has 0 atom stereocenters. The average Bonchev–Trinajstić information content (AvgIpc) is 2.19. The zero-order valence-corrected chi connectivity index (χ0v) is 12.3. The van der Waals surface area contributed by atoms with Crippen LogP contribution >= 0.6 is 0 Å². The first-order valence-corrected chi connectivity index (χ1v) is 8.17. The highest BCUT2D eigenvalue weighted by Gasteiger charge is 2.38. The standard InChI is InChI=1S/C12H24N2O3S/c1-11(2,18(3,16)17)9-14-10(15)7-12(8-13)5-4-6-12/h4-9,13H2,1-3H3,(H,14,15). The molecular weight excluding hydrogens is 252 g/mol. The number of nitrogens with two attached hydrogens (primary N) is 1. The van der Waals surface area contributed by atoms with Gasteiger partial charge in [0.25, 0.3) is 0 Å². The van der Waals surface area contributed by atoms with Gasteiger partial charge in [-0.2, -0.15) is 0 Å². The van der Waals surface area contributed by atoms with Gasteiger partial charge in [0.15, 0.2) is 9.84 Å². The first kappa shape index (κ1) is 15.4. The van der Waals surface area contributed by atoms with Crippen LogP contribution in [0, 0.1) is 5.41 Å². The van der Waals surface area contributed by atoms with Crippen molar-refractivity contribution in [3.05, 3.63) is 0 Å². The Balaban J connectivity index is 2.47. The van der Waals surface area contributed by atoms with Crippen molar-refractivity contribution in [2.75, 3.05) is 19.3 Å². The summed E-state index contributed by atoms with van der Waals surface area (Å²) in [6.45, 7) is 3.90. The first-order valence-electron chi connectivity index (χ1n) is 6.28. The summed E-state index contributed by atoms with van der Waals surface area (Å²) in [7, 11) is -3.18. The van der Waals surface area contributed by atoms with Crippen LogP contribution in [0.25, 0.3) is 0 Å². The van der Waals surface area contributed by atoms with Crippen molar-refractivity contribution in [2.24, 2.45) is 11.1 Å². The molecule has 1 saturated carbocycles. The van der Waals surface area contributed by atoms with Gasteiger partial charge in [0.2, 0.25) is 5.91 Å². The predicted molar refractivity (Wildman–Crippen MR) is 71.9 cm³/mol. The minimum Gasteiger partial charge on any atom is -0.355 e. The molecule has 0 unspecified atom stereocenters. The smallest absolute Gasteiger partial charge is 0.220 e. The summed E-state index contributed by atoms with van der Waals surface area (Å²) < 4.78 is 22.1. The van der Waals surface area contributed by atoms with Crippen molar-refractivity contribution in [3.63, 3.8) is 0 Å². The Labute approximate surface area is 109 Å². The average molecular weight is 276 g/mol. The maximum Gasteiger partial charge on any atom is 0.220 e. The Morgan fingerprint density at radius 3 is 2.28 bits per heavy atom. The topological polar surface area (TPSA) is 89.3 Å². The highest BCUT2D eigenvalue weighted by Crippen LogP contribution is 2.42. The number of rotatable bonds is 6. The van der Waals surface area contributed by atoms with E-state index in [9.17, 15) is 13.2 Å². The number of carbonyl (C=O) groups is 1. The van der Waals surface area contributed by atoms with E-state index in [1.54, 1.807) is 13.8 Å². The summed E-state index contributed by atoms with van der Waals surface area (Å²) in [5.74, 6) is -0.100. The zero-order valence-electron chi connectivity index (χ0n) is 11.5. The summed E-state index contributed by atoms with van der Waals surface area (Å²) in [6.07, 6.45) is 4.70. The summed E-state index contributed by atoms with van der Waals surface area (Å²) in [6, 6.07) is 0. The third-order valence-electron chi connectivity index (χ3n) is 4.10. The number of amides is 1. The van der Waals surface area contributed by atoms with Crippen molar-refractivity contribution in [3.8, 4) is 0 Å². The summed E-state index contributed by atoms with van der Waals surface area (Å²) in [4.78, 5) is 11.8. The van der Waals surface area contributed by atoms with Gasteiger partial charge in [-0.25, -0.2) is 8.42 Å². The molecule has 0 bridgehead atoms. The molecule has 0 spiro atoms. The Bertz CT molecular complexity index is 406. The maximum absolute atomic E-state index is 11.8. The fourth-order valence-electron chi connectivity index (χ4n) is 1.98. The Kier molecular flexibility index (Phi) is 4.43. The van der Waals surface area contributed by atoms with E-state index in [1.165, 1.54) is 6.26 Å². The third kappa shape index (κ3) is 3.45. The van der Waals surface area contributed by atoms with Crippen molar-refractivity contribution in [2.45, 2.75) is 44.3 Å². The molecule has 0 aromatic heterocycles. The van der Waals surface area contributed by atoms with Crippen LogP contribution in [-0.2, 0) is 14.6 Å². The molecular formula is C12H24N2O3S. The Morgan fingerprint density at radius 2 is 1.94 bits per heavy atom. The van der Waals surface area contributed by atoms with Gasteiger partial charge in [0.1, 0.15) is 0 Å². The molecule has 0 aliphatic heterocycles. The van der Waals surface area contributed by atoms with Crippen molar-refractivity contribution < 1.29 is 13.2 Å². The van der Waals surface area contributed by atoms with Crippen LogP contribution in [0.3, 0.4) is 0 Å². The van der Waals surface area contributed by atoms with Crippen LogP contribution in [0.5, 0.6) is 0 Å². The number of carbonyl (C=O) groups excluding carboxylic acids is 1. The molecule has 0 aromatic carbocycles. The number of sulfone groups is 1. The molecule has 0 radical (unpaired) electrons. The van der Waals surface area contributed by atoms with Gasteiger partial charge in [-0.1, -0.05) is 6.42 Å². The van der Waals surface area contributed by atoms with Crippen molar-refractivity contribution in [1.82, 2.24) is 5.32 Å². The van der Waals surface area contributed by atoms with E-state index in [1.807, 2.05) is 0 Å². The number of nitrogens with one attached hydrogen (secondary N) is 1. The lowest BCUT2D eigenvalue weighted by Crippen LogP contribution is -2.47. The summed E-state index contributed by atoms with van der Waals surface area (Å²) in [5, 5.41) is 2.71. The highest BCUT2D eigenvalue weighted by atomic mass is 32.2. The fourth-order valence-corrected chi connectivity index (χ4v) is 2.31. The lowest BCUT2D eigenvalue weighted by Gasteiger charge is -2.40. The predicted octanol–water partition coefficient (Wildman–Crippen LogP) is 0.445. The van der Waals surface area contributed by atoms with Gasteiger partial charge < -0.3 is 11.1 Å². The van der Waals surface area contributed by atoms with Gasteiger partial charge in [0.05, 0.1) is 4.75 Å². The normalized spacial score (nSPS) is 19.1. The molecule has 1 amide bonds. The molecule has 3 N–H and O–H groups in total. The molecule has 106 valence electrons. The summed E-state index contributed by atoms with van der Waals surface area (Å²) in [5.41, 5.74) is 5.65. The number of hydrogen-bond acceptors (Lipinski definition) is 4. The number of hydrogen-bond donors (Lipinski definition) is 2. The van der Waals surface area contributed by atoms with Crippen LogP contribution < -0.4 is 11.1 Å². The van der Waals surface area contributed by atoms with E-state index in [2.05, 4.69) is 5.32 Å². The lowest BCUT2D eigenvalue weighted by molar-refractivity contribution is -0.124. The van der Waals surface area contributed by atoms with Gasteiger partial charge in [-0.3, -0.25) is 4.79 Å². The van der Waals surface area contributed by atoms with Gasteiger partial charge in [0, 0.05) is 19.2 Å². The molecule has 6 heteroatoms. The highest BCUT2D eigenvalue weighted by molar-refractivity contribution is 7.92.